The van der Waals surface area contributed by atoms with Crippen molar-refractivity contribution >= 4 is 14.5 Å². The van der Waals surface area contributed by atoms with Gasteiger partial charge in [0.25, 0.3) is 0 Å². The van der Waals surface area contributed by atoms with Gasteiger partial charge in [-0.3, -0.25) is 0 Å². The van der Waals surface area contributed by atoms with Crippen LogP contribution >= 0.6 is 9.24 Å². The molecule has 0 spiro atoms. The third-order valence-electron chi connectivity index (χ3n) is 3.35. The van der Waals surface area contributed by atoms with Gasteiger partial charge in [-0.15, -0.1) is 9.24 Å². The van der Waals surface area contributed by atoms with Crippen LogP contribution in [0.25, 0.3) is 0 Å². The first kappa shape index (κ1) is 14.7. The van der Waals surface area contributed by atoms with Crippen molar-refractivity contribution in [2.24, 2.45) is 0 Å². The lowest BCUT2D eigenvalue weighted by Crippen LogP contribution is -2.18. The maximum absolute atomic E-state index is 2.95. The highest BCUT2D eigenvalue weighted by atomic mass is 31.0. The molecule has 0 heterocycles. The normalized spacial score (nSPS) is 12.6. The zero-order chi connectivity index (χ0) is 13.4. The minimum Gasteiger partial charge on any atom is -0.105 e. The van der Waals surface area contributed by atoms with Gasteiger partial charge >= 0.3 is 0 Å². The van der Waals surface area contributed by atoms with E-state index in [1.807, 2.05) is 0 Å². The fourth-order valence-electron chi connectivity index (χ4n) is 2.09. The predicted molar refractivity (Wildman–Crippen MR) is 82.7 cm³/mol. The Labute approximate surface area is 109 Å². The zero-order valence-corrected chi connectivity index (χ0v) is 13.5. The van der Waals surface area contributed by atoms with E-state index in [9.17, 15) is 0 Å². The molecular weight excluding hydrogens is 223 g/mol. The molecule has 0 aliphatic rings. The van der Waals surface area contributed by atoms with Crippen molar-refractivity contribution in [1.82, 2.24) is 0 Å². The summed E-state index contributed by atoms with van der Waals surface area (Å²) in [6.07, 6.45) is 0. The summed E-state index contributed by atoms with van der Waals surface area (Å²) >= 11 is 0. The molecule has 96 valence electrons. The Morgan fingerprint density at radius 3 is 1.47 bits per heavy atom. The molecule has 0 N–H and O–H groups in total. The van der Waals surface area contributed by atoms with Crippen LogP contribution in [0.15, 0.2) is 12.1 Å². The molecule has 0 aliphatic carbocycles. The summed E-state index contributed by atoms with van der Waals surface area (Å²) < 4.78 is 0. The summed E-state index contributed by atoms with van der Waals surface area (Å²) in [6, 6.07) is 4.78. The molecule has 1 heteroatoms. The lowest BCUT2D eigenvalue weighted by Gasteiger charge is -2.25. The molecule has 1 aromatic carbocycles. The molecule has 1 unspecified atom stereocenters. The summed E-state index contributed by atoms with van der Waals surface area (Å²) in [7, 11) is 2.95. The SMILES string of the molecule is CC(C)c1cc(C(C)(C)C)cc(C(C)C)c1P. The molecule has 0 saturated heterocycles. The summed E-state index contributed by atoms with van der Waals surface area (Å²) in [5.41, 5.74) is 4.64. The Morgan fingerprint density at radius 2 is 1.24 bits per heavy atom. The second-order valence-electron chi connectivity index (χ2n) is 6.63. The van der Waals surface area contributed by atoms with Gasteiger partial charge in [0.15, 0.2) is 0 Å². The van der Waals surface area contributed by atoms with Crippen LogP contribution in [0.4, 0.5) is 0 Å². The largest absolute Gasteiger partial charge is 0.105 e. The first-order valence-electron chi connectivity index (χ1n) is 6.58. The third kappa shape index (κ3) is 3.32. The molecule has 0 nitrogen and oxygen atoms in total. The molecule has 1 aromatic rings. The standard InChI is InChI=1S/C16H27P/c1-10(2)13-8-12(16(5,6)7)9-14(11(3)4)15(13)17/h8-11H,17H2,1-7H3. The smallest absolute Gasteiger partial charge is 0.0132 e. The Hall–Kier alpha value is -0.350. The van der Waals surface area contributed by atoms with Crippen LogP contribution in [-0.4, -0.2) is 0 Å². The number of benzene rings is 1. The number of hydrogen-bond acceptors (Lipinski definition) is 0. The van der Waals surface area contributed by atoms with E-state index in [1.54, 1.807) is 0 Å². The van der Waals surface area contributed by atoms with Gasteiger partial charge in [-0.2, -0.15) is 0 Å². The molecule has 0 saturated carbocycles. The van der Waals surface area contributed by atoms with Crippen LogP contribution in [0.2, 0.25) is 0 Å². The molecule has 0 radical (unpaired) electrons. The van der Waals surface area contributed by atoms with E-state index in [0.29, 0.717) is 11.8 Å². The molecule has 0 amide bonds. The lowest BCUT2D eigenvalue weighted by molar-refractivity contribution is 0.587. The Bertz CT molecular complexity index is 365. The van der Waals surface area contributed by atoms with Gasteiger partial charge in [0.1, 0.15) is 0 Å². The van der Waals surface area contributed by atoms with Gasteiger partial charge in [-0.1, -0.05) is 60.6 Å². The van der Waals surface area contributed by atoms with Crippen LogP contribution < -0.4 is 5.30 Å². The monoisotopic (exact) mass is 250 g/mol. The van der Waals surface area contributed by atoms with E-state index in [-0.39, 0.29) is 5.41 Å². The van der Waals surface area contributed by atoms with Gasteiger partial charge in [0.2, 0.25) is 0 Å². The van der Waals surface area contributed by atoms with Gasteiger partial charge in [0.05, 0.1) is 0 Å². The zero-order valence-electron chi connectivity index (χ0n) is 12.4. The van der Waals surface area contributed by atoms with Crippen molar-refractivity contribution in [3.05, 3.63) is 28.8 Å². The molecule has 0 fully saturated rings. The van der Waals surface area contributed by atoms with Crippen LogP contribution in [-0.2, 0) is 5.41 Å². The highest BCUT2D eigenvalue weighted by Crippen LogP contribution is 2.30. The Kier molecular flexibility index (Phi) is 4.42. The van der Waals surface area contributed by atoms with Crippen molar-refractivity contribution in [2.75, 3.05) is 0 Å². The summed E-state index contributed by atoms with van der Waals surface area (Å²) in [5.74, 6) is 1.17. The molecule has 0 aromatic heterocycles. The fourth-order valence-corrected chi connectivity index (χ4v) is 2.92. The van der Waals surface area contributed by atoms with E-state index < -0.39 is 0 Å². The molecular formula is C16H27P. The Morgan fingerprint density at radius 1 is 0.882 bits per heavy atom. The van der Waals surface area contributed by atoms with E-state index in [1.165, 1.54) is 22.0 Å². The summed E-state index contributed by atoms with van der Waals surface area (Å²) in [5, 5.41) is 1.41. The van der Waals surface area contributed by atoms with Crippen molar-refractivity contribution in [1.29, 1.82) is 0 Å². The second kappa shape index (κ2) is 5.11. The van der Waals surface area contributed by atoms with Crippen LogP contribution in [0.5, 0.6) is 0 Å². The minimum atomic E-state index is 0.228. The van der Waals surface area contributed by atoms with Gasteiger partial charge in [-0.25, -0.2) is 0 Å². The van der Waals surface area contributed by atoms with E-state index >= 15 is 0 Å². The number of hydrogen-bond donors (Lipinski definition) is 0. The Balaban J connectivity index is 3.48. The van der Waals surface area contributed by atoms with Crippen molar-refractivity contribution < 1.29 is 0 Å². The first-order valence-corrected chi connectivity index (χ1v) is 7.16. The van der Waals surface area contributed by atoms with E-state index in [2.05, 4.69) is 69.8 Å². The quantitative estimate of drug-likeness (QED) is 0.666. The highest BCUT2D eigenvalue weighted by molar-refractivity contribution is 7.27. The first-order chi connectivity index (χ1) is 7.64. The summed E-state index contributed by atoms with van der Waals surface area (Å²) in [4.78, 5) is 0. The molecule has 1 rings (SSSR count). The van der Waals surface area contributed by atoms with E-state index in [4.69, 9.17) is 0 Å². The predicted octanol–water partition coefficient (Wildman–Crippen LogP) is 4.73. The van der Waals surface area contributed by atoms with Crippen molar-refractivity contribution in [2.45, 2.75) is 65.7 Å². The average molecular weight is 250 g/mol. The molecule has 0 bridgehead atoms. The topological polar surface area (TPSA) is 0 Å². The average Bonchev–Trinajstić information content (AvgIpc) is 2.14. The minimum absolute atomic E-state index is 0.228. The van der Waals surface area contributed by atoms with Gasteiger partial charge < -0.3 is 0 Å². The summed E-state index contributed by atoms with van der Waals surface area (Å²) in [6.45, 7) is 16.0. The van der Waals surface area contributed by atoms with Crippen LogP contribution in [0.3, 0.4) is 0 Å². The molecule has 17 heavy (non-hydrogen) atoms. The van der Waals surface area contributed by atoms with E-state index in [0.717, 1.165) is 0 Å². The number of rotatable bonds is 2. The van der Waals surface area contributed by atoms with Gasteiger partial charge in [0, 0.05) is 0 Å². The van der Waals surface area contributed by atoms with Gasteiger partial charge in [-0.05, 0) is 39.2 Å². The molecule has 0 aliphatic heterocycles. The second-order valence-corrected chi connectivity index (χ2v) is 7.21. The van der Waals surface area contributed by atoms with Crippen LogP contribution in [0, 0.1) is 0 Å². The maximum atomic E-state index is 2.95. The van der Waals surface area contributed by atoms with Crippen molar-refractivity contribution in [3.63, 3.8) is 0 Å². The fraction of sp³-hybridized carbons (Fsp3) is 0.625. The highest BCUT2D eigenvalue weighted by Gasteiger charge is 2.19. The third-order valence-corrected chi connectivity index (χ3v) is 4.02. The maximum Gasteiger partial charge on any atom is -0.0132 e. The van der Waals surface area contributed by atoms with Crippen molar-refractivity contribution in [3.8, 4) is 0 Å². The van der Waals surface area contributed by atoms with Crippen LogP contribution in [0.1, 0.15) is 77.0 Å². The lowest BCUT2D eigenvalue weighted by atomic mass is 9.82. The molecule has 1 atom stereocenters.